The molecule has 0 unspecified atom stereocenters. The molecular formula is C12H10FN3. The van der Waals surface area contributed by atoms with Crippen LogP contribution in [0.4, 0.5) is 4.39 Å². The first-order valence-corrected chi connectivity index (χ1v) is 4.99. The van der Waals surface area contributed by atoms with Crippen molar-refractivity contribution in [3.8, 4) is 11.8 Å². The maximum absolute atomic E-state index is 12.8. The molecule has 0 N–H and O–H groups in total. The Balaban J connectivity index is 2.52. The molecule has 1 aromatic heterocycles. The lowest BCUT2D eigenvalue weighted by molar-refractivity contribution is 0.626. The van der Waals surface area contributed by atoms with Crippen LogP contribution in [0.15, 0.2) is 30.5 Å². The second-order valence-electron chi connectivity index (χ2n) is 3.36. The standard InChI is InChI=1S/C12H10FN3/c1-2-12-9(7-14)8-15-16(12)11-5-3-10(13)4-6-11/h3-6,8H,2H2,1H3. The Hall–Kier alpha value is -2.15. The van der Waals surface area contributed by atoms with Crippen molar-refractivity contribution in [3.63, 3.8) is 0 Å². The molecule has 0 saturated heterocycles. The lowest BCUT2D eigenvalue weighted by Crippen LogP contribution is -2.01. The average molecular weight is 215 g/mol. The van der Waals surface area contributed by atoms with E-state index in [1.807, 2.05) is 6.92 Å². The summed E-state index contributed by atoms with van der Waals surface area (Å²) in [5, 5.41) is 13.0. The molecule has 0 radical (unpaired) electrons. The van der Waals surface area contributed by atoms with Gasteiger partial charge in [0.15, 0.2) is 0 Å². The Morgan fingerprint density at radius 1 is 1.38 bits per heavy atom. The van der Waals surface area contributed by atoms with Crippen LogP contribution < -0.4 is 0 Å². The van der Waals surface area contributed by atoms with Crippen LogP contribution in [-0.2, 0) is 6.42 Å². The number of hydrogen-bond acceptors (Lipinski definition) is 2. The smallest absolute Gasteiger partial charge is 0.123 e. The van der Waals surface area contributed by atoms with E-state index in [1.165, 1.54) is 18.3 Å². The van der Waals surface area contributed by atoms with Gasteiger partial charge in [0.2, 0.25) is 0 Å². The monoisotopic (exact) mass is 215 g/mol. The van der Waals surface area contributed by atoms with Gasteiger partial charge in [0, 0.05) is 0 Å². The van der Waals surface area contributed by atoms with Gasteiger partial charge in [-0.25, -0.2) is 9.07 Å². The van der Waals surface area contributed by atoms with Gasteiger partial charge in [0.25, 0.3) is 0 Å². The van der Waals surface area contributed by atoms with Crippen molar-refractivity contribution in [1.29, 1.82) is 5.26 Å². The van der Waals surface area contributed by atoms with E-state index >= 15 is 0 Å². The number of benzene rings is 1. The minimum absolute atomic E-state index is 0.283. The Morgan fingerprint density at radius 2 is 2.06 bits per heavy atom. The molecule has 4 heteroatoms. The Kier molecular flexibility index (Phi) is 2.69. The van der Waals surface area contributed by atoms with Gasteiger partial charge in [-0.05, 0) is 30.7 Å². The van der Waals surface area contributed by atoms with E-state index in [0.717, 1.165) is 11.4 Å². The lowest BCUT2D eigenvalue weighted by Gasteiger charge is -2.05. The summed E-state index contributed by atoms with van der Waals surface area (Å²) in [7, 11) is 0. The zero-order valence-corrected chi connectivity index (χ0v) is 8.81. The van der Waals surface area contributed by atoms with E-state index in [4.69, 9.17) is 5.26 Å². The summed E-state index contributed by atoms with van der Waals surface area (Å²) < 4.78 is 14.4. The number of nitrogens with zero attached hydrogens (tertiary/aromatic N) is 3. The quantitative estimate of drug-likeness (QED) is 0.772. The Bertz CT molecular complexity index is 534. The van der Waals surface area contributed by atoms with Crippen LogP contribution in [0.1, 0.15) is 18.2 Å². The van der Waals surface area contributed by atoms with Gasteiger partial charge in [0.1, 0.15) is 11.9 Å². The van der Waals surface area contributed by atoms with E-state index in [0.29, 0.717) is 12.0 Å². The minimum Gasteiger partial charge on any atom is -0.236 e. The second kappa shape index (κ2) is 4.15. The summed E-state index contributed by atoms with van der Waals surface area (Å²) >= 11 is 0. The number of nitriles is 1. The average Bonchev–Trinajstić information content (AvgIpc) is 2.72. The van der Waals surface area contributed by atoms with Crippen molar-refractivity contribution in [2.24, 2.45) is 0 Å². The van der Waals surface area contributed by atoms with Crippen molar-refractivity contribution in [2.45, 2.75) is 13.3 Å². The third-order valence-electron chi connectivity index (χ3n) is 2.40. The van der Waals surface area contributed by atoms with Gasteiger partial charge in [0.05, 0.1) is 23.1 Å². The SMILES string of the molecule is CCc1c(C#N)cnn1-c1ccc(F)cc1. The first-order valence-electron chi connectivity index (χ1n) is 4.99. The van der Waals surface area contributed by atoms with Gasteiger partial charge in [-0.3, -0.25) is 0 Å². The van der Waals surface area contributed by atoms with Crippen LogP contribution in [0.3, 0.4) is 0 Å². The largest absolute Gasteiger partial charge is 0.236 e. The summed E-state index contributed by atoms with van der Waals surface area (Å²) in [6.07, 6.45) is 2.24. The molecule has 16 heavy (non-hydrogen) atoms. The van der Waals surface area contributed by atoms with Crippen molar-refractivity contribution < 1.29 is 4.39 Å². The Morgan fingerprint density at radius 3 is 2.62 bits per heavy atom. The van der Waals surface area contributed by atoms with Crippen LogP contribution in [0.5, 0.6) is 0 Å². The molecule has 0 aliphatic heterocycles. The second-order valence-corrected chi connectivity index (χ2v) is 3.36. The fourth-order valence-electron chi connectivity index (χ4n) is 1.61. The molecule has 0 saturated carbocycles. The molecule has 0 atom stereocenters. The van der Waals surface area contributed by atoms with Gasteiger partial charge in [-0.15, -0.1) is 0 Å². The Labute approximate surface area is 92.7 Å². The maximum Gasteiger partial charge on any atom is 0.123 e. The molecular weight excluding hydrogens is 205 g/mol. The fraction of sp³-hybridized carbons (Fsp3) is 0.167. The summed E-state index contributed by atoms with van der Waals surface area (Å²) in [5.41, 5.74) is 2.17. The summed E-state index contributed by atoms with van der Waals surface area (Å²) in [4.78, 5) is 0. The van der Waals surface area contributed by atoms with E-state index in [9.17, 15) is 4.39 Å². The van der Waals surface area contributed by atoms with Crippen molar-refractivity contribution in [3.05, 3.63) is 47.5 Å². The van der Waals surface area contributed by atoms with E-state index in [-0.39, 0.29) is 5.82 Å². The summed E-state index contributed by atoms with van der Waals surface area (Å²) in [6.45, 7) is 1.96. The van der Waals surface area contributed by atoms with Gasteiger partial charge < -0.3 is 0 Å². The van der Waals surface area contributed by atoms with E-state index < -0.39 is 0 Å². The maximum atomic E-state index is 12.8. The third kappa shape index (κ3) is 1.68. The third-order valence-corrected chi connectivity index (χ3v) is 2.40. The van der Waals surface area contributed by atoms with Crippen LogP contribution in [-0.4, -0.2) is 9.78 Å². The molecule has 0 amide bonds. The molecule has 2 rings (SSSR count). The number of rotatable bonds is 2. The van der Waals surface area contributed by atoms with Crippen molar-refractivity contribution >= 4 is 0 Å². The molecule has 1 heterocycles. The number of halogens is 1. The predicted molar refractivity (Wildman–Crippen MR) is 57.6 cm³/mol. The molecule has 0 aliphatic carbocycles. The number of aromatic nitrogens is 2. The summed E-state index contributed by atoms with van der Waals surface area (Å²) in [6, 6.07) is 8.13. The predicted octanol–water partition coefficient (Wildman–Crippen LogP) is 2.45. The van der Waals surface area contributed by atoms with Crippen LogP contribution in [0, 0.1) is 17.1 Å². The van der Waals surface area contributed by atoms with Crippen LogP contribution >= 0.6 is 0 Å². The first kappa shape index (κ1) is 10.4. The van der Waals surface area contributed by atoms with Gasteiger partial charge in [-0.2, -0.15) is 10.4 Å². The van der Waals surface area contributed by atoms with Crippen molar-refractivity contribution in [1.82, 2.24) is 9.78 Å². The topological polar surface area (TPSA) is 41.6 Å². The molecule has 0 spiro atoms. The summed E-state index contributed by atoms with van der Waals surface area (Å²) in [5.74, 6) is -0.283. The van der Waals surface area contributed by atoms with Crippen molar-refractivity contribution in [2.75, 3.05) is 0 Å². The molecule has 0 fully saturated rings. The molecule has 2 aromatic rings. The molecule has 0 aliphatic rings. The van der Waals surface area contributed by atoms with E-state index in [1.54, 1.807) is 16.8 Å². The zero-order chi connectivity index (χ0) is 11.5. The highest BCUT2D eigenvalue weighted by Gasteiger charge is 2.09. The van der Waals surface area contributed by atoms with Gasteiger partial charge in [-0.1, -0.05) is 6.92 Å². The highest BCUT2D eigenvalue weighted by molar-refractivity contribution is 5.39. The molecule has 1 aromatic carbocycles. The normalized spacial score (nSPS) is 10.1. The van der Waals surface area contributed by atoms with Crippen LogP contribution in [0.25, 0.3) is 5.69 Å². The molecule has 0 bridgehead atoms. The minimum atomic E-state index is -0.283. The lowest BCUT2D eigenvalue weighted by atomic mass is 10.2. The highest BCUT2D eigenvalue weighted by atomic mass is 19.1. The molecule has 80 valence electrons. The highest BCUT2D eigenvalue weighted by Crippen LogP contribution is 2.15. The van der Waals surface area contributed by atoms with E-state index in [2.05, 4.69) is 11.2 Å². The fourth-order valence-corrected chi connectivity index (χ4v) is 1.61. The first-order chi connectivity index (χ1) is 7.76. The van der Waals surface area contributed by atoms with Gasteiger partial charge >= 0.3 is 0 Å². The number of hydrogen-bond donors (Lipinski definition) is 0. The molecule has 3 nitrogen and oxygen atoms in total. The zero-order valence-electron chi connectivity index (χ0n) is 8.81. The van der Waals surface area contributed by atoms with Crippen LogP contribution in [0.2, 0.25) is 0 Å².